The summed E-state index contributed by atoms with van der Waals surface area (Å²) in [5, 5.41) is 11.4. The van der Waals surface area contributed by atoms with Crippen molar-refractivity contribution in [1.29, 1.82) is 0 Å². The summed E-state index contributed by atoms with van der Waals surface area (Å²) in [7, 11) is 0. The number of hydrogen-bond donors (Lipinski definition) is 3. The quantitative estimate of drug-likeness (QED) is 0.707. The van der Waals surface area contributed by atoms with Gasteiger partial charge in [-0.25, -0.2) is 4.39 Å². The molecule has 7 heteroatoms. The Morgan fingerprint density at radius 2 is 2.00 bits per heavy atom. The summed E-state index contributed by atoms with van der Waals surface area (Å²) in [5.41, 5.74) is 4.34. The maximum atomic E-state index is 13.1. The molecule has 0 aliphatic rings. The average molecular weight is 266 g/mol. The van der Waals surface area contributed by atoms with E-state index in [1.165, 1.54) is 6.07 Å². The molecule has 1 aromatic rings. The molecule has 0 aliphatic carbocycles. The molecule has 0 saturated heterocycles. The zero-order valence-corrected chi connectivity index (χ0v) is 9.47. The molecular formula is C11H14F4N2O. The lowest BCUT2D eigenvalue weighted by molar-refractivity contribution is -0.140. The first kappa shape index (κ1) is 14.9. The van der Waals surface area contributed by atoms with E-state index in [9.17, 15) is 17.6 Å². The van der Waals surface area contributed by atoms with Crippen LogP contribution in [0.1, 0.15) is 17.2 Å². The molecular weight excluding hydrogens is 252 g/mol. The van der Waals surface area contributed by atoms with E-state index in [0.29, 0.717) is 0 Å². The van der Waals surface area contributed by atoms with E-state index in [1.807, 2.05) is 0 Å². The highest BCUT2D eigenvalue weighted by atomic mass is 19.4. The standard InChI is InChI=1S/C11H14F4N2O/c12-9-2-1-7(5-8(9)11(13,14)15)10(6-16)17-3-4-18/h1-2,5,10,17-18H,3-4,6,16H2. The second kappa shape index (κ2) is 6.12. The number of hydrogen-bond acceptors (Lipinski definition) is 3. The molecule has 4 N–H and O–H groups in total. The second-order valence-corrected chi connectivity index (χ2v) is 3.70. The number of nitrogens with two attached hydrogens (primary N) is 1. The molecule has 1 unspecified atom stereocenters. The monoisotopic (exact) mass is 266 g/mol. The third kappa shape index (κ3) is 3.66. The molecule has 0 aliphatic heterocycles. The van der Waals surface area contributed by atoms with Gasteiger partial charge >= 0.3 is 6.18 Å². The lowest BCUT2D eigenvalue weighted by Gasteiger charge is -2.18. The van der Waals surface area contributed by atoms with E-state index < -0.39 is 23.6 Å². The summed E-state index contributed by atoms with van der Waals surface area (Å²) in [4.78, 5) is 0. The van der Waals surface area contributed by atoms with Crippen LogP contribution in [0.5, 0.6) is 0 Å². The molecule has 0 heterocycles. The Kier molecular flexibility index (Phi) is 5.06. The summed E-state index contributed by atoms with van der Waals surface area (Å²) in [6.45, 7) is 0.0767. The molecule has 3 nitrogen and oxygen atoms in total. The Morgan fingerprint density at radius 3 is 2.50 bits per heavy atom. The van der Waals surface area contributed by atoms with Gasteiger partial charge in [-0.2, -0.15) is 13.2 Å². The third-order valence-electron chi connectivity index (χ3n) is 2.44. The van der Waals surface area contributed by atoms with Gasteiger partial charge < -0.3 is 16.2 Å². The lowest BCUT2D eigenvalue weighted by Crippen LogP contribution is -2.30. The van der Waals surface area contributed by atoms with E-state index in [0.717, 1.165) is 12.1 Å². The number of nitrogens with one attached hydrogen (secondary N) is 1. The molecule has 0 fully saturated rings. The Morgan fingerprint density at radius 1 is 1.33 bits per heavy atom. The van der Waals surface area contributed by atoms with Gasteiger partial charge in [-0.15, -0.1) is 0 Å². The molecule has 0 bridgehead atoms. The smallest absolute Gasteiger partial charge is 0.395 e. The SMILES string of the molecule is NCC(NCCO)c1ccc(F)c(C(F)(F)F)c1. The largest absolute Gasteiger partial charge is 0.419 e. The van der Waals surface area contributed by atoms with E-state index in [-0.39, 0.29) is 25.3 Å². The van der Waals surface area contributed by atoms with Gasteiger partial charge in [0.25, 0.3) is 0 Å². The van der Waals surface area contributed by atoms with Crippen molar-refractivity contribution in [3.8, 4) is 0 Å². The van der Waals surface area contributed by atoms with Crippen LogP contribution in [0.3, 0.4) is 0 Å². The Bertz CT molecular complexity index is 395. The van der Waals surface area contributed by atoms with Crippen molar-refractivity contribution in [2.75, 3.05) is 19.7 Å². The Labute approximate surface area is 102 Å². The second-order valence-electron chi connectivity index (χ2n) is 3.70. The first-order valence-electron chi connectivity index (χ1n) is 5.31. The van der Waals surface area contributed by atoms with Crippen LogP contribution in [-0.2, 0) is 6.18 Å². The molecule has 1 atom stereocenters. The molecule has 1 aromatic carbocycles. The molecule has 1 rings (SSSR count). The predicted octanol–water partition coefficient (Wildman–Crippen LogP) is 1.43. The maximum Gasteiger partial charge on any atom is 0.419 e. The number of benzene rings is 1. The molecule has 0 aromatic heterocycles. The molecule has 102 valence electrons. The topological polar surface area (TPSA) is 58.3 Å². The normalized spacial score (nSPS) is 13.7. The van der Waals surface area contributed by atoms with E-state index in [1.54, 1.807) is 0 Å². The van der Waals surface area contributed by atoms with Gasteiger partial charge in [0.05, 0.1) is 12.2 Å². The summed E-state index contributed by atoms with van der Waals surface area (Å²) in [5.74, 6) is -1.32. The summed E-state index contributed by atoms with van der Waals surface area (Å²) < 4.78 is 50.6. The number of halogens is 4. The minimum absolute atomic E-state index is 0.0446. The fraction of sp³-hybridized carbons (Fsp3) is 0.455. The van der Waals surface area contributed by atoms with Crippen LogP contribution in [0.15, 0.2) is 18.2 Å². The van der Waals surface area contributed by atoms with Crippen molar-refractivity contribution in [2.45, 2.75) is 12.2 Å². The lowest BCUT2D eigenvalue weighted by atomic mass is 10.0. The molecule has 0 amide bonds. The van der Waals surface area contributed by atoms with Crippen LogP contribution in [0.2, 0.25) is 0 Å². The minimum Gasteiger partial charge on any atom is -0.395 e. The van der Waals surface area contributed by atoms with Gasteiger partial charge in [0.15, 0.2) is 0 Å². The Hall–Kier alpha value is -1.18. The van der Waals surface area contributed by atoms with Crippen LogP contribution in [0.25, 0.3) is 0 Å². The number of aliphatic hydroxyl groups is 1. The summed E-state index contributed by atoms with van der Waals surface area (Å²) >= 11 is 0. The van der Waals surface area contributed by atoms with Gasteiger partial charge in [-0.3, -0.25) is 0 Å². The average Bonchev–Trinajstić information content (AvgIpc) is 2.30. The van der Waals surface area contributed by atoms with Crippen molar-refractivity contribution < 1.29 is 22.7 Å². The van der Waals surface area contributed by atoms with Crippen LogP contribution in [-0.4, -0.2) is 24.8 Å². The fourth-order valence-corrected chi connectivity index (χ4v) is 1.55. The molecule has 0 saturated carbocycles. The highest BCUT2D eigenvalue weighted by Crippen LogP contribution is 2.32. The van der Waals surface area contributed by atoms with Gasteiger partial charge in [0.1, 0.15) is 5.82 Å². The van der Waals surface area contributed by atoms with Gasteiger partial charge in [0, 0.05) is 19.1 Å². The van der Waals surface area contributed by atoms with Gasteiger partial charge in [-0.05, 0) is 17.7 Å². The first-order chi connectivity index (χ1) is 8.40. The summed E-state index contributed by atoms with van der Waals surface area (Å²) in [6, 6.07) is 2.18. The van der Waals surface area contributed by atoms with Crippen molar-refractivity contribution >= 4 is 0 Å². The first-order valence-corrected chi connectivity index (χ1v) is 5.31. The van der Waals surface area contributed by atoms with Crippen molar-refractivity contribution in [3.63, 3.8) is 0 Å². The van der Waals surface area contributed by atoms with Crippen LogP contribution >= 0.6 is 0 Å². The van der Waals surface area contributed by atoms with Crippen molar-refractivity contribution in [2.24, 2.45) is 5.73 Å². The zero-order valence-electron chi connectivity index (χ0n) is 9.47. The van der Waals surface area contributed by atoms with E-state index in [2.05, 4.69) is 5.32 Å². The molecule has 0 spiro atoms. The van der Waals surface area contributed by atoms with Gasteiger partial charge in [-0.1, -0.05) is 6.07 Å². The van der Waals surface area contributed by atoms with E-state index >= 15 is 0 Å². The van der Waals surface area contributed by atoms with Crippen molar-refractivity contribution in [3.05, 3.63) is 35.1 Å². The van der Waals surface area contributed by atoms with Crippen LogP contribution in [0.4, 0.5) is 17.6 Å². The number of rotatable bonds is 5. The number of aliphatic hydroxyl groups excluding tert-OH is 1. The number of alkyl halides is 3. The molecule has 0 radical (unpaired) electrons. The predicted molar refractivity (Wildman–Crippen MR) is 58.3 cm³/mol. The van der Waals surface area contributed by atoms with Gasteiger partial charge in [0.2, 0.25) is 0 Å². The minimum atomic E-state index is -4.74. The highest BCUT2D eigenvalue weighted by molar-refractivity contribution is 5.29. The zero-order chi connectivity index (χ0) is 13.8. The molecule has 18 heavy (non-hydrogen) atoms. The van der Waals surface area contributed by atoms with Crippen molar-refractivity contribution in [1.82, 2.24) is 5.32 Å². The Balaban J connectivity index is 3.02. The van der Waals surface area contributed by atoms with Crippen LogP contribution < -0.4 is 11.1 Å². The maximum absolute atomic E-state index is 13.1. The van der Waals surface area contributed by atoms with E-state index in [4.69, 9.17) is 10.8 Å². The highest BCUT2D eigenvalue weighted by Gasteiger charge is 2.34. The van der Waals surface area contributed by atoms with Crippen LogP contribution in [0, 0.1) is 5.82 Å². The third-order valence-corrected chi connectivity index (χ3v) is 2.44. The fourth-order valence-electron chi connectivity index (χ4n) is 1.55. The summed E-state index contributed by atoms with van der Waals surface area (Å²) in [6.07, 6.45) is -4.74.